The van der Waals surface area contributed by atoms with Gasteiger partial charge < -0.3 is 15.2 Å². The summed E-state index contributed by atoms with van der Waals surface area (Å²) < 4.78 is 11.2. The van der Waals surface area contributed by atoms with Crippen LogP contribution in [0.15, 0.2) is 24.3 Å². The molecule has 1 aromatic rings. The number of benzene rings is 1. The molecule has 2 unspecified atom stereocenters. The maximum atomic E-state index is 6.14. The minimum absolute atomic E-state index is 0.146. The summed E-state index contributed by atoms with van der Waals surface area (Å²) in [7, 11) is 0. The summed E-state index contributed by atoms with van der Waals surface area (Å²) in [5, 5.41) is 0. The van der Waals surface area contributed by atoms with E-state index in [0.717, 1.165) is 39.1 Å². The maximum Gasteiger partial charge on any atom is 0.0842 e. The number of hydrogen-bond acceptors (Lipinski definition) is 3. The molecule has 2 rings (SSSR count). The number of hydrogen-bond donors (Lipinski definition) is 1. The minimum atomic E-state index is 0.146. The molecule has 0 fully saturated rings. The molecule has 0 bridgehead atoms. The van der Waals surface area contributed by atoms with E-state index in [4.69, 9.17) is 15.2 Å². The Labute approximate surface area is 109 Å². The molecule has 1 aliphatic rings. The molecule has 0 saturated heterocycles. The van der Waals surface area contributed by atoms with Crippen LogP contribution in [0.4, 0.5) is 0 Å². The molecule has 0 saturated carbocycles. The van der Waals surface area contributed by atoms with Crippen LogP contribution in [0.25, 0.3) is 0 Å². The van der Waals surface area contributed by atoms with E-state index in [2.05, 4.69) is 24.3 Å². The third-order valence-corrected chi connectivity index (χ3v) is 3.45. The summed E-state index contributed by atoms with van der Waals surface area (Å²) in [6.45, 7) is 4.31. The Morgan fingerprint density at radius 3 is 3.11 bits per heavy atom. The molecule has 2 N–H and O–H groups in total. The van der Waals surface area contributed by atoms with Gasteiger partial charge in [0.2, 0.25) is 0 Å². The van der Waals surface area contributed by atoms with Crippen molar-refractivity contribution in [3.05, 3.63) is 35.4 Å². The van der Waals surface area contributed by atoms with Gasteiger partial charge >= 0.3 is 0 Å². The van der Waals surface area contributed by atoms with Gasteiger partial charge in [-0.2, -0.15) is 0 Å². The lowest BCUT2D eigenvalue weighted by molar-refractivity contribution is 0.0291. The van der Waals surface area contributed by atoms with Gasteiger partial charge in [-0.3, -0.25) is 0 Å². The lowest BCUT2D eigenvalue weighted by Crippen LogP contribution is -2.28. The van der Waals surface area contributed by atoms with Crippen molar-refractivity contribution in [2.24, 2.45) is 5.73 Å². The second-order valence-electron chi connectivity index (χ2n) is 4.79. The quantitative estimate of drug-likeness (QED) is 0.788. The van der Waals surface area contributed by atoms with Crippen molar-refractivity contribution in [2.45, 2.75) is 38.3 Å². The van der Waals surface area contributed by atoms with E-state index in [9.17, 15) is 0 Å². The molecule has 0 aliphatic carbocycles. The summed E-state index contributed by atoms with van der Waals surface area (Å²) in [5.41, 5.74) is 8.87. The summed E-state index contributed by atoms with van der Waals surface area (Å²) >= 11 is 0. The normalized spacial score (nSPS) is 20.4. The van der Waals surface area contributed by atoms with Crippen molar-refractivity contribution >= 4 is 0 Å². The van der Waals surface area contributed by atoms with Crippen LogP contribution in [0.2, 0.25) is 0 Å². The van der Waals surface area contributed by atoms with Crippen LogP contribution in [-0.2, 0) is 15.9 Å². The molecular formula is C15H23NO2. The molecule has 1 aromatic carbocycles. The highest BCUT2D eigenvalue weighted by Gasteiger charge is 2.22. The fourth-order valence-electron chi connectivity index (χ4n) is 2.44. The Morgan fingerprint density at radius 1 is 1.44 bits per heavy atom. The van der Waals surface area contributed by atoms with Crippen LogP contribution >= 0.6 is 0 Å². The van der Waals surface area contributed by atoms with Crippen molar-refractivity contribution < 1.29 is 9.47 Å². The Bertz CT molecular complexity index is 367. The van der Waals surface area contributed by atoms with Crippen LogP contribution in [0, 0.1) is 0 Å². The number of nitrogens with two attached hydrogens (primary N) is 1. The lowest BCUT2D eigenvalue weighted by atomic mass is 9.93. The maximum absolute atomic E-state index is 6.14. The zero-order chi connectivity index (χ0) is 12.8. The highest BCUT2D eigenvalue weighted by atomic mass is 16.5. The van der Waals surface area contributed by atoms with Crippen LogP contribution < -0.4 is 5.73 Å². The van der Waals surface area contributed by atoms with Gasteiger partial charge in [0.05, 0.1) is 12.7 Å². The first-order valence-corrected chi connectivity index (χ1v) is 6.84. The minimum Gasteiger partial charge on any atom is -0.382 e. The molecule has 2 atom stereocenters. The smallest absolute Gasteiger partial charge is 0.0842 e. The fraction of sp³-hybridized carbons (Fsp3) is 0.600. The van der Waals surface area contributed by atoms with Crippen LogP contribution in [0.3, 0.4) is 0 Å². The molecule has 0 radical (unpaired) electrons. The average Bonchev–Trinajstić information content (AvgIpc) is 2.39. The molecule has 3 nitrogen and oxygen atoms in total. The van der Waals surface area contributed by atoms with E-state index in [1.807, 2.05) is 6.92 Å². The Morgan fingerprint density at radius 2 is 2.28 bits per heavy atom. The zero-order valence-electron chi connectivity index (χ0n) is 11.1. The first-order valence-electron chi connectivity index (χ1n) is 6.84. The third-order valence-electron chi connectivity index (χ3n) is 3.45. The summed E-state index contributed by atoms with van der Waals surface area (Å²) in [5.74, 6) is 0. The van der Waals surface area contributed by atoms with Crippen LogP contribution in [0.5, 0.6) is 0 Å². The molecule has 3 heteroatoms. The Hall–Kier alpha value is -0.900. The van der Waals surface area contributed by atoms with Gasteiger partial charge in [-0.05, 0) is 37.3 Å². The third kappa shape index (κ3) is 3.55. The fourth-order valence-corrected chi connectivity index (χ4v) is 2.44. The van der Waals surface area contributed by atoms with Gasteiger partial charge in [-0.1, -0.05) is 24.3 Å². The highest BCUT2D eigenvalue weighted by molar-refractivity contribution is 5.30. The average molecular weight is 249 g/mol. The number of rotatable bonds is 6. The zero-order valence-corrected chi connectivity index (χ0v) is 11.1. The van der Waals surface area contributed by atoms with E-state index in [0.29, 0.717) is 0 Å². The van der Waals surface area contributed by atoms with E-state index < -0.39 is 0 Å². The van der Waals surface area contributed by atoms with Gasteiger partial charge in [-0.15, -0.1) is 0 Å². The Balaban J connectivity index is 1.90. The molecule has 100 valence electrons. The molecule has 0 aromatic heterocycles. The van der Waals surface area contributed by atoms with Crippen molar-refractivity contribution in [1.82, 2.24) is 0 Å². The predicted octanol–water partition coefficient (Wildman–Crippen LogP) is 2.44. The van der Waals surface area contributed by atoms with E-state index in [1.165, 1.54) is 11.1 Å². The Kier molecular flexibility index (Phi) is 5.17. The highest BCUT2D eigenvalue weighted by Crippen LogP contribution is 2.30. The second-order valence-corrected chi connectivity index (χ2v) is 4.79. The van der Waals surface area contributed by atoms with E-state index in [-0.39, 0.29) is 12.1 Å². The SMILES string of the molecule is CCOCCC(N)CC1OCCc2ccccc21. The van der Waals surface area contributed by atoms with Crippen molar-refractivity contribution in [3.63, 3.8) is 0 Å². The van der Waals surface area contributed by atoms with Gasteiger partial charge in [0, 0.05) is 19.3 Å². The summed E-state index contributed by atoms with van der Waals surface area (Å²) in [6, 6.07) is 8.67. The van der Waals surface area contributed by atoms with Crippen LogP contribution in [0.1, 0.15) is 37.0 Å². The monoisotopic (exact) mass is 249 g/mol. The first kappa shape index (κ1) is 13.5. The van der Waals surface area contributed by atoms with E-state index in [1.54, 1.807) is 0 Å². The van der Waals surface area contributed by atoms with Crippen molar-refractivity contribution in [3.8, 4) is 0 Å². The molecule has 1 aliphatic heterocycles. The summed E-state index contributed by atoms with van der Waals surface area (Å²) in [6.07, 6.45) is 2.95. The van der Waals surface area contributed by atoms with E-state index >= 15 is 0 Å². The number of fused-ring (bicyclic) bond motifs is 1. The van der Waals surface area contributed by atoms with Crippen molar-refractivity contribution in [1.29, 1.82) is 0 Å². The molecule has 1 heterocycles. The van der Waals surface area contributed by atoms with Crippen LogP contribution in [-0.4, -0.2) is 25.9 Å². The topological polar surface area (TPSA) is 44.5 Å². The molecule has 0 amide bonds. The largest absolute Gasteiger partial charge is 0.382 e. The van der Waals surface area contributed by atoms with Gasteiger partial charge in [0.15, 0.2) is 0 Å². The van der Waals surface area contributed by atoms with Crippen molar-refractivity contribution in [2.75, 3.05) is 19.8 Å². The standard InChI is InChI=1S/C15H23NO2/c1-2-17-9-8-13(16)11-15-14-6-4-3-5-12(14)7-10-18-15/h3-6,13,15H,2,7-11,16H2,1H3. The first-order chi connectivity index (χ1) is 8.81. The van der Waals surface area contributed by atoms with Gasteiger partial charge in [-0.25, -0.2) is 0 Å². The molecule has 0 spiro atoms. The van der Waals surface area contributed by atoms with Gasteiger partial charge in [0.25, 0.3) is 0 Å². The lowest BCUT2D eigenvalue weighted by Gasteiger charge is -2.28. The number of ether oxygens (including phenoxy) is 2. The van der Waals surface area contributed by atoms with Gasteiger partial charge in [0.1, 0.15) is 0 Å². The predicted molar refractivity (Wildman–Crippen MR) is 72.5 cm³/mol. The molecular weight excluding hydrogens is 226 g/mol. The molecule has 18 heavy (non-hydrogen) atoms. The summed E-state index contributed by atoms with van der Waals surface area (Å²) in [4.78, 5) is 0. The second kappa shape index (κ2) is 6.88.